The maximum atomic E-state index is 13.3. The highest BCUT2D eigenvalue weighted by Crippen LogP contribution is 2.30. The van der Waals surface area contributed by atoms with E-state index in [-0.39, 0.29) is 22.9 Å². The minimum absolute atomic E-state index is 0.0637. The summed E-state index contributed by atoms with van der Waals surface area (Å²) in [5.41, 5.74) is 1.43. The Labute approximate surface area is 210 Å². The van der Waals surface area contributed by atoms with Crippen molar-refractivity contribution in [1.29, 1.82) is 0 Å². The van der Waals surface area contributed by atoms with Crippen LogP contribution in [0.15, 0.2) is 72.3 Å². The molecule has 0 spiro atoms. The number of carbonyl (C=O) groups excluding carboxylic acids is 3. The highest BCUT2D eigenvalue weighted by Gasteiger charge is 2.34. The molecular formula is C26H18FN2O6S-. The molecule has 0 aromatic heterocycles. The molecule has 0 atom stereocenters. The van der Waals surface area contributed by atoms with Gasteiger partial charge in [0.1, 0.15) is 18.0 Å². The largest absolute Gasteiger partial charge is 0.545 e. The summed E-state index contributed by atoms with van der Waals surface area (Å²) in [7, 11) is 1.45. The average molecular weight is 506 g/mol. The number of thiocarbonyl (C=S) groups is 1. The second kappa shape index (κ2) is 10.4. The second-order valence-corrected chi connectivity index (χ2v) is 8.00. The number of carbonyl (C=O) groups is 3. The second-order valence-electron chi connectivity index (χ2n) is 7.62. The molecular weight excluding hydrogens is 487 g/mol. The molecule has 10 heteroatoms. The van der Waals surface area contributed by atoms with Crippen molar-refractivity contribution in [3.63, 3.8) is 0 Å². The number of methoxy groups -OCH3 is 1. The van der Waals surface area contributed by atoms with Crippen LogP contribution < -0.4 is 24.8 Å². The van der Waals surface area contributed by atoms with E-state index in [9.17, 15) is 23.9 Å². The monoisotopic (exact) mass is 505 g/mol. The van der Waals surface area contributed by atoms with Gasteiger partial charge in [-0.1, -0.05) is 30.3 Å². The lowest BCUT2D eigenvalue weighted by Crippen LogP contribution is -2.54. The zero-order valence-corrected chi connectivity index (χ0v) is 19.6. The molecule has 0 aliphatic carbocycles. The minimum Gasteiger partial charge on any atom is -0.545 e. The van der Waals surface area contributed by atoms with Crippen molar-refractivity contribution in [3.05, 3.63) is 94.8 Å². The third kappa shape index (κ3) is 5.23. The van der Waals surface area contributed by atoms with Gasteiger partial charge in [0.05, 0.1) is 18.8 Å². The number of nitrogens with zero attached hydrogens (tertiary/aromatic N) is 1. The highest BCUT2D eigenvalue weighted by atomic mass is 32.1. The number of amides is 2. The summed E-state index contributed by atoms with van der Waals surface area (Å²) in [6.07, 6.45) is 1.39. The van der Waals surface area contributed by atoms with Gasteiger partial charge in [0.15, 0.2) is 16.6 Å². The Hall–Kier alpha value is -4.57. The van der Waals surface area contributed by atoms with Crippen molar-refractivity contribution in [3.8, 4) is 11.5 Å². The Morgan fingerprint density at radius 1 is 1.06 bits per heavy atom. The van der Waals surface area contributed by atoms with Crippen molar-refractivity contribution in [2.45, 2.75) is 6.61 Å². The number of halogens is 1. The molecule has 1 aliphatic rings. The molecule has 3 aromatic carbocycles. The topological polar surface area (TPSA) is 108 Å². The van der Waals surface area contributed by atoms with Gasteiger partial charge >= 0.3 is 0 Å². The van der Waals surface area contributed by atoms with Gasteiger partial charge in [-0.25, -0.2) is 4.39 Å². The van der Waals surface area contributed by atoms with Crippen LogP contribution in [0, 0.1) is 5.82 Å². The summed E-state index contributed by atoms with van der Waals surface area (Å²) in [6.45, 7) is 0.148. The highest BCUT2D eigenvalue weighted by molar-refractivity contribution is 7.80. The van der Waals surface area contributed by atoms with E-state index in [1.54, 1.807) is 30.3 Å². The summed E-state index contributed by atoms with van der Waals surface area (Å²) in [4.78, 5) is 37.6. The Bertz CT molecular complexity index is 1390. The predicted octanol–water partition coefficient (Wildman–Crippen LogP) is 2.61. The number of rotatable bonds is 7. The number of hydrogen-bond acceptors (Lipinski definition) is 7. The lowest BCUT2D eigenvalue weighted by molar-refractivity contribution is -0.255. The van der Waals surface area contributed by atoms with Crippen LogP contribution in [0.5, 0.6) is 11.5 Å². The summed E-state index contributed by atoms with van der Waals surface area (Å²) < 4.78 is 24.5. The van der Waals surface area contributed by atoms with Gasteiger partial charge in [0.2, 0.25) is 0 Å². The van der Waals surface area contributed by atoms with Gasteiger partial charge in [-0.05, 0) is 71.4 Å². The summed E-state index contributed by atoms with van der Waals surface area (Å²) >= 11 is 5.14. The van der Waals surface area contributed by atoms with Crippen molar-refractivity contribution in [2.75, 3.05) is 12.0 Å². The van der Waals surface area contributed by atoms with Gasteiger partial charge in [-0.3, -0.25) is 19.8 Å². The van der Waals surface area contributed by atoms with Crippen molar-refractivity contribution < 1.29 is 33.4 Å². The van der Waals surface area contributed by atoms with Crippen LogP contribution in [0.4, 0.5) is 10.1 Å². The Morgan fingerprint density at radius 2 is 1.75 bits per heavy atom. The zero-order chi connectivity index (χ0) is 25.8. The first-order valence-corrected chi connectivity index (χ1v) is 11.0. The van der Waals surface area contributed by atoms with Gasteiger partial charge < -0.3 is 19.4 Å². The number of benzene rings is 3. The molecule has 182 valence electrons. The molecule has 8 nitrogen and oxygen atoms in total. The number of ether oxygens (including phenoxy) is 2. The normalized spacial score (nSPS) is 14.6. The first-order chi connectivity index (χ1) is 17.3. The van der Waals surface area contributed by atoms with Gasteiger partial charge in [-0.2, -0.15) is 0 Å². The van der Waals surface area contributed by atoms with E-state index in [0.29, 0.717) is 22.7 Å². The molecule has 1 aliphatic heterocycles. The van der Waals surface area contributed by atoms with Crippen LogP contribution in [-0.4, -0.2) is 30.0 Å². The quantitative estimate of drug-likeness (QED) is 0.299. The Kier molecular flexibility index (Phi) is 7.07. The fourth-order valence-corrected chi connectivity index (χ4v) is 3.72. The summed E-state index contributed by atoms with van der Waals surface area (Å²) in [5.74, 6) is -2.31. The van der Waals surface area contributed by atoms with E-state index in [4.69, 9.17) is 21.7 Å². The lowest BCUT2D eigenvalue weighted by Gasteiger charge is -2.28. The fraction of sp³-hybridized carbons (Fsp3) is 0.0769. The number of carboxylic acid groups (broad SMARTS) is 1. The molecule has 36 heavy (non-hydrogen) atoms. The molecule has 0 radical (unpaired) electrons. The molecule has 0 saturated carbocycles. The van der Waals surface area contributed by atoms with E-state index in [1.165, 1.54) is 49.6 Å². The van der Waals surface area contributed by atoms with E-state index in [1.807, 2.05) is 0 Å². The Balaban J connectivity index is 1.55. The van der Waals surface area contributed by atoms with E-state index >= 15 is 0 Å². The molecule has 1 heterocycles. The molecule has 0 unspecified atom stereocenters. The zero-order valence-electron chi connectivity index (χ0n) is 18.8. The number of nitrogens with one attached hydrogen (secondary N) is 1. The number of anilines is 1. The molecule has 4 rings (SSSR count). The fourth-order valence-electron chi connectivity index (χ4n) is 3.44. The van der Waals surface area contributed by atoms with Crippen LogP contribution in [0.25, 0.3) is 6.08 Å². The van der Waals surface area contributed by atoms with E-state index < -0.39 is 23.6 Å². The predicted molar refractivity (Wildman–Crippen MR) is 131 cm³/mol. The standard InChI is InChI=1S/C26H19FN2O6S/c1-34-22-13-16(4-11-21(22)35-14-15-2-5-17(6-3-15)25(32)33)12-20-23(30)28-26(36)29(24(20)31)19-9-7-18(27)8-10-19/h2-13H,14H2,1H3,(H,32,33)(H,28,30,36)/p-1/b20-12+. The first kappa shape index (κ1) is 24.6. The first-order valence-electron chi connectivity index (χ1n) is 10.5. The van der Waals surface area contributed by atoms with E-state index in [2.05, 4.69) is 5.32 Å². The number of hydrogen-bond donors (Lipinski definition) is 1. The smallest absolute Gasteiger partial charge is 0.270 e. The number of carboxylic acids is 1. The van der Waals surface area contributed by atoms with Gasteiger partial charge in [0, 0.05) is 0 Å². The third-order valence-corrected chi connectivity index (χ3v) is 5.55. The molecule has 2 amide bonds. The van der Waals surface area contributed by atoms with Gasteiger partial charge in [0.25, 0.3) is 11.8 Å². The molecule has 1 N–H and O–H groups in total. The van der Waals surface area contributed by atoms with Crippen molar-refractivity contribution in [2.24, 2.45) is 0 Å². The van der Waals surface area contributed by atoms with Gasteiger partial charge in [-0.15, -0.1) is 0 Å². The molecule has 1 saturated heterocycles. The number of aromatic carboxylic acids is 1. The van der Waals surface area contributed by atoms with Crippen LogP contribution in [0.1, 0.15) is 21.5 Å². The van der Waals surface area contributed by atoms with Crippen LogP contribution in [0.2, 0.25) is 0 Å². The lowest BCUT2D eigenvalue weighted by atomic mass is 10.1. The van der Waals surface area contributed by atoms with Crippen molar-refractivity contribution in [1.82, 2.24) is 5.32 Å². The SMILES string of the molecule is COc1cc(/C=C2\C(=O)NC(=S)N(c3ccc(F)cc3)C2=O)ccc1OCc1ccc(C(=O)[O-])cc1. The Morgan fingerprint density at radius 3 is 2.39 bits per heavy atom. The summed E-state index contributed by atoms with van der Waals surface area (Å²) in [6, 6.07) is 16.1. The van der Waals surface area contributed by atoms with Crippen LogP contribution in [-0.2, 0) is 16.2 Å². The molecule has 3 aromatic rings. The molecule has 0 bridgehead atoms. The summed E-state index contributed by atoms with van der Waals surface area (Å²) in [5, 5.41) is 13.2. The van der Waals surface area contributed by atoms with Crippen LogP contribution >= 0.6 is 12.2 Å². The van der Waals surface area contributed by atoms with Crippen LogP contribution in [0.3, 0.4) is 0 Å². The maximum Gasteiger partial charge on any atom is 0.270 e. The third-order valence-electron chi connectivity index (χ3n) is 5.27. The van der Waals surface area contributed by atoms with E-state index in [0.717, 1.165) is 10.5 Å². The van der Waals surface area contributed by atoms with Crippen molar-refractivity contribution >= 4 is 46.9 Å². The minimum atomic E-state index is -1.26. The molecule has 1 fully saturated rings. The maximum absolute atomic E-state index is 13.3. The average Bonchev–Trinajstić information content (AvgIpc) is 2.86.